The Morgan fingerprint density at radius 3 is 2.85 bits per heavy atom. The summed E-state index contributed by atoms with van der Waals surface area (Å²) in [6.45, 7) is 12.7. The van der Waals surface area contributed by atoms with E-state index in [-0.39, 0.29) is 24.0 Å². The van der Waals surface area contributed by atoms with Crippen LogP contribution in [0, 0.1) is 5.92 Å². The lowest BCUT2D eigenvalue weighted by Gasteiger charge is -2.41. The van der Waals surface area contributed by atoms with Gasteiger partial charge in [-0.25, -0.2) is 4.99 Å². The minimum absolute atomic E-state index is 0. The molecule has 2 fully saturated rings. The van der Waals surface area contributed by atoms with Crippen LogP contribution in [-0.4, -0.2) is 56.0 Å². The Morgan fingerprint density at radius 1 is 1.41 bits per heavy atom. The van der Waals surface area contributed by atoms with Gasteiger partial charge in [-0.3, -0.25) is 0 Å². The Labute approximate surface area is 179 Å². The molecule has 3 heterocycles. The van der Waals surface area contributed by atoms with Gasteiger partial charge in [0.15, 0.2) is 11.7 Å². The maximum absolute atomic E-state index is 5.90. The molecule has 0 bridgehead atoms. The average Bonchev–Trinajstić information content (AvgIpc) is 3.30. The summed E-state index contributed by atoms with van der Waals surface area (Å²) in [5.41, 5.74) is 1.05. The molecule has 2 aliphatic heterocycles. The highest BCUT2D eigenvalue weighted by molar-refractivity contribution is 14.0. The van der Waals surface area contributed by atoms with Gasteiger partial charge in [-0.15, -0.1) is 24.0 Å². The number of hydrogen-bond acceptors (Lipinski definition) is 4. The van der Waals surface area contributed by atoms with Gasteiger partial charge in [-0.1, -0.05) is 12.2 Å². The lowest BCUT2D eigenvalue weighted by molar-refractivity contribution is -0.189. The zero-order valence-corrected chi connectivity index (χ0v) is 18.7. The average molecular weight is 489 g/mol. The number of nitrogens with zero attached hydrogens (tertiary/aromatic N) is 2. The van der Waals surface area contributed by atoms with Gasteiger partial charge < -0.3 is 24.1 Å². The molecule has 152 valence electrons. The van der Waals surface area contributed by atoms with E-state index in [4.69, 9.17) is 18.9 Å². The predicted octanol–water partition coefficient (Wildman–Crippen LogP) is 3.44. The molecule has 0 radical (unpaired) electrons. The fourth-order valence-corrected chi connectivity index (χ4v) is 3.59. The molecule has 0 aliphatic carbocycles. The summed E-state index contributed by atoms with van der Waals surface area (Å²) in [6, 6.07) is 3.92. The summed E-state index contributed by atoms with van der Waals surface area (Å²) in [5, 5.41) is 3.50. The molecule has 27 heavy (non-hydrogen) atoms. The molecule has 3 rings (SSSR count). The Morgan fingerprint density at radius 2 is 2.19 bits per heavy atom. The van der Waals surface area contributed by atoms with Gasteiger partial charge >= 0.3 is 0 Å². The lowest BCUT2D eigenvalue weighted by Crippen LogP contribution is -2.52. The van der Waals surface area contributed by atoms with E-state index in [1.807, 2.05) is 19.1 Å². The van der Waals surface area contributed by atoms with E-state index in [9.17, 15) is 0 Å². The van der Waals surface area contributed by atoms with Crippen LogP contribution in [0.5, 0.6) is 0 Å². The number of halogens is 1. The number of aliphatic imine (C=N–C) groups is 1. The van der Waals surface area contributed by atoms with E-state index < -0.39 is 5.79 Å². The summed E-state index contributed by atoms with van der Waals surface area (Å²) in [6.07, 6.45) is 4.77. The summed E-state index contributed by atoms with van der Waals surface area (Å²) < 4.78 is 17.2. The zero-order chi connectivity index (χ0) is 18.4. The second-order valence-electron chi connectivity index (χ2n) is 7.35. The summed E-state index contributed by atoms with van der Waals surface area (Å²) in [5.74, 6) is 1.80. The van der Waals surface area contributed by atoms with Crippen molar-refractivity contribution in [3.8, 4) is 0 Å². The molecule has 7 heteroatoms. The second-order valence-corrected chi connectivity index (χ2v) is 7.35. The Balaban J connectivity index is 0.00000261. The maximum Gasteiger partial charge on any atom is 0.194 e. The molecule has 0 saturated carbocycles. The normalized spacial score (nSPS) is 22.4. The van der Waals surface area contributed by atoms with Crippen LogP contribution in [0.4, 0.5) is 0 Å². The van der Waals surface area contributed by atoms with Crippen LogP contribution in [0.25, 0.3) is 0 Å². The molecule has 0 aromatic carbocycles. The van der Waals surface area contributed by atoms with Crippen molar-refractivity contribution in [1.82, 2.24) is 10.2 Å². The van der Waals surface area contributed by atoms with Gasteiger partial charge in [0.05, 0.1) is 26.0 Å². The number of nitrogens with one attached hydrogen (secondary N) is 1. The highest BCUT2D eigenvalue weighted by Crippen LogP contribution is 2.34. The van der Waals surface area contributed by atoms with Crippen LogP contribution in [0.3, 0.4) is 0 Å². The monoisotopic (exact) mass is 489 g/mol. The Kier molecular flexibility index (Phi) is 8.62. The van der Waals surface area contributed by atoms with Gasteiger partial charge in [0, 0.05) is 32.0 Å². The number of rotatable bonds is 6. The van der Waals surface area contributed by atoms with E-state index in [1.54, 1.807) is 6.26 Å². The zero-order valence-electron chi connectivity index (χ0n) is 16.4. The molecule has 0 amide bonds. The molecular formula is C20H32IN3O3. The van der Waals surface area contributed by atoms with E-state index in [0.717, 1.165) is 56.2 Å². The quantitative estimate of drug-likeness (QED) is 0.287. The van der Waals surface area contributed by atoms with Gasteiger partial charge in [-0.05, 0) is 38.8 Å². The first-order valence-corrected chi connectivity index (χ1v) is 9.55. The number of furan rings is 1. The van der Waals surface area contributed by atoms with E-state index in [1.165, 1.54) is 0 Å². The second kappa shape index (κ2) is 10.5. The molecule has 6 nitrogen and oxygen atoms in total. The number of ether oxygens (including phenoxy) is 2. The van der Waals surface area contributed by atoms with Crippen LogP contribution in [-0.2, 0) is 15.9 Å². The Hall–Kier alpha value is -1.06. The van der Waals surface area contributed by atoms with Gasteiger partial charge in [-0.2, -0.15) is 0 Å². The summed E-state index contributed by atoms with van der Waals surface area (Å²) >= 11 is 0. The molecule has 1 unspecified atom stereocenters. The summed E-state index contributed by atoms with van der Waals surface area (Å²) in [4.78, 5) is 7.10. The Bertz CT molecular complexity index is 612. The largest absolute Gasteiger partial charge is 0.469 e. The van der Waals surface area contributed by atoms with Crippen molar-refractivity contribution in [3.05, 3.63) is 36.3 Å². The lowest BCUT2D eigenvalue weighted by atomic mass is 9.90. The topological polar surface area (TPSA) is 59.2 Å². The van der Waals surface area contributed by atoms with Crippen molar-refractivity contribution in [2.75, 3.05) is 39.4 Å². The number of hydrogen-bond donors (Lipinski definition) is 1. The third-order valence-electron chi connectivity index (χ3n) is 5.06. The van der Waals surface area contributed by atoms with Crippen LogP contribution >= 0.6 is 24.0 Å². The van der Waals surface area contributed by atoms with Gasteiger partial charge in [0.25, 0.3) is 0 Å². The van der Waals surface area contributed by atoms with Crippen molar-refractivity contribution in [2.45, 2.75) is 38.9 Å². The van der Waals surface area contributed by atoms with E-state index >= 15 is 0 Å². The number of guanidine groups is 1. The fraction of sp³-hybridized carbons (Fsp3) is 0.650. The molecule has 1 atom stereocenters. The highest BCUT2D eigenvalue weighted by atomic mass is 127. The van der Waals surface area contributed by atoms with Crippen molar-refractivity contribution in [1.29, 1.82) is 0 Å². The first-order valence-electron chi connectivity index (χ1n) is 9.55. The first-order chi connectivity index (χ1) is 12.6. The molecule has 2 saturated heterocycles. The standard InChI is InChI=1S/C20H31N3O3.HI/c1-16(2)14-22-19(21-9-8-18-7-5-11-24-18)23-10-4-6-17(15-23)20(3)25-12-13-26-20;/h5,7,11,17H,1,4,6,8-10,12-15H2,2-3H3,(H,21,22);1H. The minimum Gasteiger partial charge on any atom is -0.469 e. The first kappa shape index (κ1) is 22.2. The summed E-state index contributed by atoms with van der Waals surface area (Å²) in [7, 11) is 0. The number of piperidine rings is 1. The fourth-order valence-electron chi connectivity index (χ4n) is 3.59. The SMILES string of the molecule is C=C(C)CN=C(NCCc1ccco1)N1CCCC(C2(C)OCCO2)C1.I. The molecule has 1 aromatic rings. The third kappa shape index (κ3) is 6.22. The molecular weight excluding hydrogens is 457 g/mol. The van der Waals surface area contributed by atoms with Crippen molar-refractivity contribution >= 4 is 29.9 Å². The van der Waals surface area contributed by atoms with Crippen LogP contribution < -0.4 is 5.32 Å². The maximum atomic E-state index is 5.90. The van der Waals surface area contributed by atoms with E-state index in [2.05, 4.69) is 23.7 Å². The molecule has 1 N–H and O–H groups in total. The minimum atomic E-state index is -0.466. The van der Waals surface area contributed by atoms with Gasteiger partial charge in [0.2, 0.25) is 0 Å². The van der Waals surface area contributed by atoms with Crippen LogP contribution in [0.2, 0.25) is 0 Å². The molecule has 0 spiro atoms. The van der Waals surface area contributed by atoms with Crippen molar-refractivity contribution in [2.24, 2.45) is 10.9 Å². The molecule has 1 aromatic heterocycles. The van der Waals surface area contributed by atoms with Gasteiger partial charge in [0.1, 0.15) is 5.76 Å². The predicted molar refractivity (Wildman–Crippen MR) is 118 cm³/mol. The third-order valence-corrected chi connectivity index (χ3v) is 5.06. The molecule has 2 aliphatic rings. The highest BCUT2D eigenvalue weighted by Gasteiger charge is 2.42. The number of likely N-dealkylation sites (tertiary alicyclic amines) is 1. The van der Waals surface area contributed by atoms with Crippen molar-refractivity contribution in [3.63, 3.8) is 0 Å². The van der Waals surface area contributed by atoms with Crippen molar-refractivity contribution < 1.29 is 13.9 Å². The van der Waals surface area contributed by atoms with Crippen LogP contribution in [0.1, 0.15) is 32.4 Å². The smallest absolute Gasteiger partial charge is 0.194 e. The van der Waals surface area contributed by atoms with E-state index in [0.29, 0.717) is 25.7 Å². The van der Waals surface area contributed by atoms with Crippen LogP contribution in [0.15, 0.2) is 40.0 Å².